The average molecular weight is 739 g/mol. The van der Waals surface area contributed by atoms with Gasteiger partial charge >= 0.3 is 0 Å². The Labute approximate surface area is 307 Å². The predicted octanol–water partition coefficient (Wildman–Crippen LogP) is 5.86. The van der Waals surface area contributed by atoms with Crippen LogP contribution in [0.25, 0.3) is 22.0 Å². The highest BCUT2D eigenvalue weighted by Crippen LogP contribution is 2.39. The molecule has 3 heterocycles. The van der Waals surface area contributed by atoms with Gasteiger partial charge in [-0.25, -0.2) is 8.78 Å². The number of benzene rings is 3. The summed E-state index contributed by atoms with van der Waals surface area (Å²) in [4.78, 5) is 78.0. The number of fused-ring (bicyclic) bond motifs is 2. The van der Waals surface area contributed by atoms with Crippen LogP contribution in [-0.2, 0) is 21.4 Å². The first-order valence-corrected chi connectivity index (χ1v) is 17.2. The van der Waals surface area contributed by atoms with Crippen molar-refractivity contribution in [2.75, 3.05) is 17.2 Å². The van der Waals surface area contributed by atoms with Gasteiger partial charge in [-0.05, 0) is 80.8 Å². The van der Waals surface area contributed by atoms with E-state index in [9.17, 15) is 37.5 Å². The fraction of sp³-hybridized carbons (Fsp3) is 0.231. The molecule has 0 fully saturated rings. The Morgan fingerprint density at radius 2 is 1.59 bits per heavy atom. The van der Waals surface area contributed by atoms with Gasteiger partial charge < -0.3 is 24.9 Å². The Morgan fingerprint density at radius 3 is 2.37 bits per heavy atom. The van der Waals surface area contributed by atoms with Crippen LogP contribution < -0.4 is 26.2 Å². The zero-order chi connectivity index (χ0) is 38.5. The van der Waals surface area contributed by atoms with Crippen LogP contribution in [0.15, 0.2) is 77.9 Å². The molecule has 13 nitrogen and oxygen atoms in total. The van der Waals surface area contributed by atoms with Gasteiger partial charge in [0.1, 0.15) is 17.1 Å². The number of halogens is 2. The molecule has 6 rings (SSSR count). The smallest absolute Gasteiger partial charge is 0.274 e. The number of aryl methyl sites for hydroxylation is 1. The molecular weight excluding hydrogens is 702 g/mol. The second-order valence-corrected chi connectivity index (χ2v) is 12.9. The molecule has 5 amide bonds. The molecule has 0 radical (unpaired) electrons. The SMILES string of the molecule is CC(CCC(=O)NC=O)N1C(=O)c2ccc(NCCCCC(=O)Nc3ccc(Oc4ccc(F)cc4F)c(-c4cn(C)c(=O)c5[nH]ccc45)c3)cc2C1=O. The number of pyridine rings is 1. The number of ether oxygens (including phenoxy) is 1. The highest BCUT2D eigenvalue weighted by Gasteiger charge is 2.38. The Kier molecular flexibility index (Phi) is 11.0. The van der Waals surface area contributed by atoms with Crippen molar-refractivity contribution in [3.63, 3.8) is 0 Å². The van der Waals surface area contributed by atoms with E-state index in [-0.39, 0.29) is 59.8 Å². The number of nitrogens with zero attached hydrogens (tertiary/aromatic N) is 2. The summed E-state index contributed by atoms with van der Waals surface area (Å²) in [5.74, 6) is -3.30. The summed E-state index contributed by atoms with van der Waals surface area (Å²) in [6.07, 6.45) is 5.03. The van der Waals surface area contributed by atoms with Gasteiger partial charge in [-0.1, -0.05) is 0 Å². The van der Waals surface area contributed by atoms with Crippen molar-refractivity contribution in [3.8, 4) is 22.6 Å². The van der Waals surface area contributed by atoms with E-state index in [2.05, 4.69) is 15.6 Å². The number of aromatic amines is 1. The number of unbranched alkanes of at least 4 members (excludes halogenated alkanes) is 1. The second kappa shape index (κ2) is 15.9. The van der Waals surface area contributed by atoms with Crippen molar-refractivity contribution in [3.05, 3.63) is 106 Å². The number of nitrogens with one attached hydrogen (secondary N) is 4. The van der Waals surface area contributed by atoms with Gasteiger partial charge in [-0.3, -0.25) is 39.0 Å². The molecule has 0 saturated carbocycles. The molecule has 1 aliphatic rings. The minimum atomic E-state index is -0.895. The van der Waals surface area contributed by atoms with Gasteiger partial charge in [-0.15, -0.1) is 0 Å². The maximum atomic E-state index is 14.6. The average Bonchev–Trinajstić information content (AvgIpc) is 3.73. The van der Waals surface area contributed by atoms with E-state index < -0.39 is 35.4 Å². The Bertz CT molecular complexity index is 2350. The van der Waals surface area contributed by atoms with E-state index in [0.29, 0.717) is 58.9 Å². The molecule has 0 aliphatic carbocycles. The van der Waals surface area contributed by atoms with Gasteiger partial charge in [0.15, 0.2) is 11.6 Å². The lowest BCUT2D eigenvalue weighted by Crippen LogP contribution is -2.38. The Balaban J connectivity index is 1.07. The lowest BCUT2D eigenvalue weighted by atomic mass is 10.0. The number of carbonyl (C=O) groups is 5. The van der Waals surface area contributed by atoms with E-state index in [1.165, 1.54) is 10.6 Å². The predicted molar refractivity (Wildman–Crippen MR) is 196 cm³/mol. The van der Waals surface area contributed by atoms with Crippen LogP contribution in [0.2, 0.25) is 0 Å². The molecule has 0 bridgehead atoms. The molecule has 2 aromatic heterocycles. The minimum absolute atomic E-state index is 0.0181. The maximum Gasteiger partial charge on any atom is 0.274 e. The zero-order valence-electron chi connectivity index (χ0n) is 29.3. The van der Waals surface area contributed by atoms with Crippen molar-refractivity contribution in [1.29, 1.82) is 0 Å². The summed E-state index contributed by atoms with van der Waals surface area (Å²) in [5, 5.41) is 8.73. The number of H-pyrrole nitrogens is 1. The van der Waals surface area contributed by atoms with Gasteiger partial charge in [0.05, 0.1) is 11.1 Å². The molecule has 3 aromatic carbocycles. The third kappa shape index (κ3) is 7.89. The topological polar surface area (TPSA) is 172 Å². The van der Waals surface area contributed by atoms with Crippen molar-refractivity contribution < 1.29 is 37.5 Å². The van der Waals surface area contributed by atoms with Crippen LogP contribution in [0.4, 0.5) is 20.2 Å². The normalized spacial score (nSPS) is 12.8. The van der Waals surface area contributed by atoms with Gasteiger partial charge in [0.25, 0.3) is 17.4 Å². The van der Waals surface area contributed by atoms with Crippen molar-refractivity contribution in [2.24, 2.45) is 7.05 Å². The number of aromatic nitrogens is 2. The number of imide groups is 2. The van der Waals surface area contributed by atoms with Crippen LogP contribution in [0.3, 0.4) is 0 Å². The third-order valence-corrected chi connectivity index (χ3v) is 9.09. The van der Waals surface area contributed by atoms with E-state index in [0.717, 1.165) is 11.0 Å². The van der Waals surface area contributed by atoms with Crippen LogP contribution in [-0.4, -0.2) is 57.1 Å². The van der Waals surface area contributed by atoms with Gasteiger partial charge in [0.2, 0.25) is 18.2 Å². The molecule has 278 valence electrons. The van der Waals surface area contributed by atoms with Gasteiger partial charge in [-0.2, -0.15) is 0 Å². The largest absolute Gasteiger partial charge is 0.454 e. The molecule has 0 saturated heterocycles. The van der Waals surface area contributed by atoms with Crippen molar-refractivity contribution in [2.45, 2.75) is 45.1 Å². The van der Waals surface area contributed by atoms with Crippen LogP contribution in [0.5, 0.6) is 11.5 Å². The van der Waals surface area contributed by atoms with Crippen LogP contribution in [0.1, 0.15) is 59.7 Å². The van der Waals surface area contributed by atoms with Crippen LogP contribution in [0, 0.1) is 11.6 Å². The van der Waals surface area contributed by atoms with Crippen molar-refractivity contribution in [1.82, 2.24) is 19.8 Å². The molecule has 54 heavy (non-hydrogen) atoms. The minimum Gasteiger partial charge on any atom is -0.454 e. The lowest BCUT2D eigenvalue weighted by Gasteiger charge is -2.22. The standard InChI is InChI=1S/C39H36F2N6O7/c1-22(6-13-34(49)44-21-48)47-37(51)27-10-8-24(18-29(27)38(47)52)42-15-4-3-5-35(50)45-25-9-12-32(54-33-11-7-23(40)17-31(33)41)28(19-25)30-20-46(2)39(53)36-26(30)14-16-43-36/h7-12,14,16-22,42-43H,3-6,13,15H2,1-2H3,(H,45,50)(H,44,48,49). The molecule has 1 unspecified atom stereocenters. The highest BCUT2D eigenvalue weighted by atomic mass is 19.1. The van der Waals surface area contributed by atoms with E-state index in [4.69, 9.17) is 4.74 Å². The Morgan fingerprint density at radius 1 is 0.852 bits per heavy atom. The fourth-order valence-corrected chi connectivity index (χ4v) is 6.31. The first-order valence-electron chi connectivity index (χ1n) is 17.2. The van der Waals surface area contributed by atoms with Crippen molar-refractivity contribution >= 4 is 52.3 Å². The first kappa shape index (κ1) is 37.1. The van der Waals surface area contributed by atoms with Crippen LogP contribution >= 0.6 is 0 Å². The monoisotopic (exact) mass is 738 g/mol. The molecule has 4 N–H and O–H groups in total. The fourth-order valence-electron chi connectivity index (χ4n) is 6.31. The van der Waals surface area contributed by atoms with E-state index >= 15 is 0 Å². The van der Waals surface area contributed by atoms with Gasteiger partial charge in [0, 0.05) is 78.8 Å². The number of carbonyl (C=O) groups excluding carboxylic acids is 5. The highest BCUT2D eigenvalue weighted by molar-refractivity contribution is 6.22. The number of anilines is 2. The summed E-state index contributed by atoms with van der Waals surface area (Å²) in [5.41, 5.74) is 2.71. The number of amides is 5. The molecule has 5 aromatic rings. The molecule has 0 spiro atoms. The summed E-state index contributed by atoms with van der Waals surface area (Å²) >= 11 is 0. The first-order chi connectivity index (χ1) is 25.9. The van der Waals surface area contributed by atoms with E-state index in [1.807, 2.05) is 5.32 Å². The molecule has 1 aliphatic heterocycles. The second-order valence-electron chi connectivity index (χ2n) is 12.9. The molecule has 15 heteroatoms. The molecule has 1 atom stereocenters. The summed E-state index contributed by atoms with van der Waals surface area (Å²) < 4.78 is 35.4. The third-order valence-electron chi connectivity index (χ3n) is 9.09. The summed E-state index contributed by atoms with van der Waals surface area (Å²) in [7, 11) is 1.59. The summed E-state index contributed by atoms with van der Waals surface area (Å²) in [6, 6.07) is 13.8. The number of hydrogen-bond acceptors (Lipinski definition) is 8. The number of hydrogen-bond donors (Lipinski definition) is 4. The summed E-state index contributed by atoms with van der Waals surface area (Å²) in [6.45, 7) is 2.15. The lowest BCUT2D eigenvalue weighted by molar-refractivity contribution is -0.125. The maximum absolute atomic E-state index is 14.6. The Hall–Kier alpha value is -6.64. The quantitative estimate of drug-likeness (QED) is 0.0588. The zero-order valence-corrected chi connectivity index (χ0v) is 29.3. The van der Waals surface area contributed by atoms with E-state index in [1.54, 1.807) is 68.8 Å². The molecular formula is C39H36F2N6O7. The number of rotatable bonds is 15.